The smallest absolute Gasteiger partial charge is 0.161 e. The number of nitrogens with zero attached hydrogens (tertiary/aromatic N) is 2. The molecule has 1 N–H and O–H groups in total. The quantitative estimate of drug-likeness (QED) is 0.441. The molecule has 200 valence electrons. The molecule has 0 bridgehead atoms. The topological polar surface area (TPSA) is 63.2 Å². The van der Waals surface area contributed by atoms with Crippen LogP contribution in [-0.4, -0.2) is 57.9 Å². The number of ether oxygens (including phenoxy) is 2. The summed E-state index contributed by atoms with van der Waals surface area (Å²) in [5.41, 5.74) is 5.70. The number of hydrogen-bond acceptors (Lipinski definition) is 6. The summed E-state index contributed by atoms with van der Waals surface area (Å²) in [4.78, 5) is 20.3. The lowest BCUT2D eigenvalue weighted by molar-refractivity contribution is -0.119. The highest BCUT2D eigenvalue weighted by Crippen LogP contribution is 2.37. The summed E-state index contributed by atoms with van der Waals surface area (Å²) in [5.74, 6) is 2.20. The van der Waals surface area contributed by atoms with E-state index in [1.165, 1.54) is 11.3 Å². The summed E-state index contributed by atoms with van der Waals surface area (Å²) in [7, 11) is 3.37. The Labute approximate surface area is 222 Å². The second-order valence-electron chi connectivity index (χ2n) is 10.3. The highest BCUT2D eigenvalue weighted by molar-refractivity contribution is 6.14. The highest BCUT2D eigenvalue weighted by Gasteiger charge is 2.29. The Balaban J connectivity index is 1.76. The Morgan fingerprint density at radius 3 is 2.32 bits per heavy atom. The highest BCUT2D eigenvalue weighted by atomic mass is 16.5. The van der Waals surface area contributed by atoms with Crippen molar-refractivity contribution in [1.29, 1.82) is 0 Å². The van der Waals surface area contributed by atoms with Crippen LogP contribution in [0.1, 0.15) is 69.1 Å². The number of fused-ring (bicyclic) bond motifs is 1. The molecule has 2 aliphatic heterocycles. The van der Waals surface area contributed by atoms with Crippen molar-refractivity contribution in [2.45, 2.75) is 64.8 Å². The first-order chi connectivity index (χ1) is 18.1. The number of ketones is 1. The molecule has 2 aromatic carbocycles. The van der Waals surface area contributed by atoms with Crippen molar-refractivity contribution in [1.82, 2.24) is 5.32 Å². The number of rotatable bonds is 11. The molecule has 37 heavy (non-hydrogen) atoms. The van der Waals surface area contributed by atoms with Gasteiger partial charge in [0.25, 0.3) is 0 Å². The summed E-state index contributed by atoms with van der Waals surface area (Å²) >= 11 is 0. The second kappa shape index (κ2) is 13.1. The minimum atomic E-state index is 0.105. The predicted octanol–water partition coefficient (Wildman–Crippen LogP) is 5.44. The van der Waals surface area contributed by atoms with Crippen molar-refractivity contribution in [3.63, 3.8) is 0 Å². The van der Waals surface area contributed by atoms with Crippen molar-refractivity contribution >= 4 is 17.2 Å². The van der Waals surface area contributed by atoms with Crippen LogP contribution in [0.15, 0.2) is 41.4 Å². The number of carbonyl (C=O) groups excluding carboxylic acids is 1. The Morgan fingerprint density at radius 1 is 0.973 bits per heavy atom. The fourth-order valence-corrected chi connectivity index (χ4v) is 5.73. The minimum absolute atomic E-state index is 0.105. The number of carbonyl (C=O) groups is 1. The van der Waals surface area contributed by atoms with Gasteiger partial charge in [0, 0.05) is 55.8 Å². The summed E-state index contributed by atoms with van der Waals surface area (Å²) in [5, 5.41) is 3.43. The van der Waals surface area contributed by atoms with Gasteiger partial charge in [-0.15, -0.1) is 0 Å². The molecular weight excluding hydrogens is 462 g/mol. The van der Waals surface area contributed by atoms with E-state index in [2.05, 4.69) is 60.5 Å². The van der Waals surface area contributed by atoms with E-state index in [4.69, 9.17) is 14.5 Å². The van der Waals surface area contributed by atoms with Gasteiger partial charge >= 0.3 is 0 Å². The van der Waals surface area contributed by atoms with E-state index in [1.54, 1.807) is 14.2 Å². The standard InChI is InChI=1S/C31H43N3O3/c1-5-7-23-19-24-20-29(36-3)30(37-4)21-27(24)31(33-28(23)14-13-26(35)8-6-2)22-9-11-25(12-10-22)34-17-15-32-16-18-34/h9-12,20-21,23,28,32H,5-8,13-19H2,1-4H3. The van der Waals surface area contributed by atoms with E-state index in [1.807, 2.05) is 0 Å². The number of methoxy groups -OCH3 is 2. The van der Waals surface area contributed by atoms with Gasteiger partial charge in [-0.1, -0.05) is 32.4 Å². The van der Waals surface area contributed by atoms with Crippen molar-refractivity contribution in [2.75, 3.05) is 45.3 Å². The number of Topliss-reactive ketones (excluding diaryl/α,β-unsaturated/α-hetero) is 1. The lowest BCUT2D eigenvalue weighted by atomic mass is 9.85. The molecule has 2 atom stereocenters. The Bertz CT molecular complexity index is 1070. The average Bonchev–Trinajstić information content (AvgIpc) is 3.08. The average molecular weight is 506 g/mol. The molecule has 6 nitrogen and oxygen atoms in total. The normalized spacial score (nSPS) is 19.6. The molecule has 0 radical (unpaired) electrons. The molecule has 1 fully saturated rings. The number of aliphatic imine (C=N–C) groups is 1. The van der Waals surface area contributed by atoms with Crippen LogP contribution >= 0.6 is 0 Å². The van der Waals surface area contributed by atoms with Crippen molar-refractivity contribution in [3.05, 3.63) is 53.1 Å². The van der Waals surface area contributed by atoms with Crippen LogP contribution in [0.25, 0.3) is 0 Å². The number of hydrogen-bond donors (Lipinski definition) is 1. The maximum Gasteiger partial charge on any atom is 0.161 e. The van der Waals surface area contributed by atoms with Gasteiger partial charge in [0.05, 0.1) is 26.0 Å². The fraction of sp³-hybridized carbons (Fsp3) is 0.548. The van der Waals surface area contributed by atoms with Gasteiger partial charge in [-0.25, -0.2) is 0 Å². The molecule has 2 unspecified atom stereocenters. The van der Waals surface area contributed by atoms with E-state index < -0.39 is 0 Å². The van der Waals surface area contributed by atoms with Crippen LogP contribution < -0.4 is 19.7 Å². The molecule has 0 spiro atoms. The van der Waals surface area contributed by atoms with Gasteiger partial charge < -0.3 is 19.7 Å². The SMILES string of the molecule is CCCC(=O)CCC1N=C(c2ccc(N3CCNCC3)cc2)c2cc(OC)c(OC)cc2CC1CCC. The van der Waals surface area contributed by atoms with Crippen LogP contribution in [0.3, 0.4) is 0 Å². The zero-order valence-electron chi connectivity index (χ0n) is 23.0. The summed E-state index contributed by atoms with van der Waals surface area (Å²) < 4.78 is 11.4. The molecule has 0 saturated carbocycles. The van der Waals surface area contributed by atoms with E-state index in [9.17, 15) is 4.79 Å². The Hall–Kier alpha value is -2.86. The molecule has 0 aromatic heterocycles. The van der Waals surface area contributed by atoms with Crippen LogP contribution in [0.5, 0.6) is 11.5 Å². The van der Waals surface area contributed by atoms with Gasteiger partial charge in [0.15, 0.2) is 11.5 Å². The molecule has 2 aliphatic rings. The zero-order valence-corrected chi connectivity index (χ0v) is 23.0. The van der Waals surface area contributed by atoms with Crippen molar-refractivity contribution < 1.29 is 14.3 Å². The van der Waals surface area contributed by atoms with Gasteiger partial charge in [0.1, 0.15) is 5.78 Å². The third-order valence-corrected chi connectivity index (χ3v) is 7.72. The van der Waals surface area contributed by atoms with Crippen LogP contribution in [-0.2, 0) is 11.2 Å². The lowest BCUT2D eigenvalue weighted by Gasteiger charge is -2.29. The molecule has 6 heteroatoms. The molecule has 2 heterocycles. The lowest BCUT2D eigenvalue weighted by Crippen LogP contribution is -2.43. The largest absolute Gasteiger partial charge is 0.493 e. The predicted molar refractivity (Wildman–Crippen MR) is 152 cm³/mol. The summed E-state index contributed by atoms with van der Waals surface area (Å²) in [6.07, 6.45) is 6.05. The number of piperazine rings is 1. The molecule has 0 amide bonds. The third-order valence-electron chi connectivity index (χ3n) is 7.72. The first kappa shape index (κ1) is 27.2. The van der Waals surface area contributed by atoms with E-state index in [-0.39, 0.29) is 6.04 Å². The number of benzene rings is 2. The van der Waals surface area contributed by atoms with Crippen LogP contribution in [0.2, 0.25) is 0 Å². The maximum absolute atomic E-state index is 12.5. The number of anilines is 1. The zero-order chi connectivity index (χ0) is 26.2. The monoisotopic (exact) mass is 505 g/mol. The Morgan fingerprint density at radius 2 is 1.68 bits per heavy atom. The molecule has 0 aliphatic carbocycles. The van der Waals surface area contributed by atoms with Crippen LogP contribution in [0, 0.1) is 5.92 Å². The summed E-state index contributed by atoms with van der Waals surface area (Å²) in [6.45, 7) is 8.38. The third kappa shape index (κ3) is 6.53. The van der Waals surface area contributed by atoms with Crippen molar-refractivity contribution in [3.8, 4) is 11.5 Å². The van der Waals surface area contributed by atoms with Crippen LogP contribution in [0.4, 0.5) is 5.69 Å². The number of nitrogens with one attached hydrogen (secondary N) is 1. The fourth-order valence-electron chi connectivity index (χ4n) is 5.73. The van der Waals surface area contributed by atoms with E-state index in [0.717, 1.165) is 86.6 Å². The van der Waals surface area contributed by atoms with Crippen molar-refractivity contribution in [2.24, 2.45) is 10.9 Å². The van der Waals surface area contributed by atoms with Gasteiger partial charge in [-0.05, 0) is 61.4 Å². The first-order valence-corrected chi connectivity index (χ1v) is 14.0. The maximum atomic E-state index is 12.5. The molecule has 1 saturated heterocycles. The molecule has 2 aromatic rings. The summed E-state index contributed by atoms with van der Waals surface area (Å²) in [6, 6.07) is 13.2. The second-order valence-corrected chi connectivity index (χ2v) is 10.3. The van der Waals surface area contributed by atoms with E-state index in [0.29, 0.717) is 24.5 Å². The molecular formula is C31H43N3O3. The van der Waals surface area contributed by atoms with E-state index >= 15 is 0 Å². The Kier molecular flexibility index (Phi) is 9.62. The first-order valence-electron chi connectivity index (χ1n) is 14.0. The van der Waals surface area contributed by atoms with Gasteiger partial charge in [-0.3, -0.25) is 9.79 Å². The molecule has 4 rings (SSSR count). The van der Waals surface area contributed by atoms with Gasteiger partial charge in [0.2, 0.25) is 0 Å². The van der Waals surface area contributed by atoms with Gasteiger partial charge in [-0.2, -0.15) is 0 Å². The minimum Gasteiger partial charge on any atom is -0.493 e.